The van der Waals surface area contributed by atoms with Gasteiger partial charge in [0.2, 0.25) is 0 Å². The molecule has 1 fully saturated rings. The highest BCUT2D eigenvalue weighted by Gasteiger charge is 2.31. The predicted octanol–water partition coefficient (Wildman–Crippen LogP) is 8.97. The van der Waals surface area contributed by atoms with E-state index in [0.717, 1.165) is 19.7 Å². The average Bonchev–Trinajstić information content (AvgIpc) is 2.77. The second kappa shape index (κ2) is 20.8. The SMILES string of the molecule is CCCCCCCCCCCCC1(CCCCCCCCCCCC)CNCCO1. The Labute approximate surface area is 190 Å². The number of morpholine rings is 1. The lowest BCUT2D eigenvalue weighted by molar-refractivity contribution is -0.0791. The molecule has 1 rings (SSSR count). The van der Waals surface area contributed by atoms with Gasteiger partial charge in [0.1, 0.15) is 0 Å². The molecule has 0 amide bonds. The normalized spacial score (nSPS) is 16.2. The third kappa shape index (κ3) is 15.7. The van der Waals surface area contributed by atoms with Gasteiger partial charge in [-0.2, -0.15) is 0 Å². The van der Waals surface area contributed by atoms with Crippen molar-refractivity contribution in [3.05, 3.63) is 0 Å². The second-order valence-corrected chi connectivity index (χ2v) is 10.1. The molecule has 0 atom stereocenters. The van der Waals surface area contributed by atoms with E-state index in [2.05, 4.69) is 19.2 Å². The molecule has 0 unspecified atom stereocenters. The highest BCUT2D eigenvalue weighted by atomic mass is 16.5. The molecule has 1 heterocycles. The Morgan fingerprint density at radius 2 is 0.900 bits per heavy atom. The lowest BCUT2D eigenvalue weighted by Crippen LogP contribution is -2.49. The Bertz CT molecular complexity index is 312. The van der Waals surface area contributed by atoms with E-state index in [1.807, 2.05) is 0 Å². The molecule has 0 aromatic heterocycles. The Hall–Kier alpha value is -0.0800. The van der Waals surface area contributed by atoms with E-state index in [4.69, 9.17) is 4.74 Å². The Morgan fingerprint density at radius 3 is 1.23 bits per heavy atom. The summed E-state index contributed by atoms with van der Waals surface area (Å²) < 4.78 is 6.37. The average molecular weight is 424 g/mol. The van der Waals surface area contributed by atoms with Gasteiger partial charge in [-0.25, -0.2) is 0 Å². The zero-order valence-corrected chi connectivity index (χ0v) is 21.1. The van der Waals surface area contributed by atoms with Crippen LogP contribution in [0.25, 0.3) is 0 Å². The number of unbranched alkanes of at least 4 members (excludes halogenated alkanes) is 18. The first-order valence-electron chi connectivity index (χ1n) is 14.2. The number of ether oxygens (including phenoxy) is 1. The zero-order valence-electron chi connectivity index (χ0n) is 21.1. The molecule has 30 heavy (non-hydrogen) atoms. The van der Waals surface area contributed by atoms with Gasteiger partial charge in [-0.3, -0.25) is 0 Å². The van der Waals surface area contributed by atoms with Crippen molar-refractivity contribution >= 4 is 0 Å². The number of nitrogens with one attached hydrogen (secondary N) is 1. The Kier molecular flexibility index (Phi) is 19.4. The summed E-state index contributed by atoms with van der Waals surface area (Å²) in [5, 5.41) is 3.62. The van der Waals surface area contributed by atoms with Crippen LogP contribution < -0.4 is 5.32 Å². The summed E-state index contributed by atoms with van der Waals surface area (Å²) in [5.41, 5.74) is 0.151. The predicted molar refractivity (Wildman–Crippen MR) is 134 cm³/mol. The molecular weight excluding hydrogens is 366 g/mol. The summed E-state index contributed by atoms with van der Waals surface area (Å²) in [6.07, 6.45) is 31.0. The fraction of sp³-hybridized carbons (Fsp3) is 1.00. The monoisotopic (exact) mass is 423 g/mol. The van der Waals surface area contributed by atoms with Gasteiger partial charge >= 0.3 is 0 Å². The van der Waals surface area contributed by atoms with Crippen LogP contribution in [0.15, 0.2) is 0 Å². The van der Waals surface area contributed by atoms with E-state index >= 15 is 0 Å². The minimum atomic E-state index is 0.151. The molecular formula is C28H57NO. The third-order valence-electron chi connectivity index (χ3n) is 7.11. The molecule has 2 nitrogen and oxygen atoms in total. The number of hydrogen-bond donors (Lipinski definition) is 1. The zero-order chi connectivity index (χ0) is 21.6. The molecule has 0 radical (unpaired) electrons. The molecule has 0 spiro atoms. The van der Waals surface area contributed by atoms with Crippen LogP contribution >= 0.6 is 0 Å². The maximum absolute atomic E-state index is 6.37. The van der Waals surface area contributed by atoms with E-state index in [9.17, 15) is 0 Å². The van der Waals surface area contributed by atoms with Gasteiger partial charge < -0.3 is 10.1 Å². The number of hydrogen-bond acceptors (Lipinski definition) is 2. The van der Waals surface area contributed by atoms with Gasteiger partial charge in [0.15, 0.2) is 0 Å². The summed E-state index contributed by atoms with van der Waals surface area (Å²) in [5.74, 6) is 0. The first-order valence-corrected chi connectivity index (χ1v) is 14.2. The van der Waals surface area contributed by atoms with Crippen molar-refractivity contribution in [2.45, 2.75) is 161 Å². The van der Waals surface area contributed by atoms with Crippen LogP contribution in [0.3, 0.4) is 0 Å². The minimum Gasteiger partial charge on any atom is -0.372 e. The van der Waals surface area contributed by atoms with E-state index < -0.39 is 0 Å². The van der Waals surface area contributed by atoms with Crippen molar-refractivity contribution in [1.29, 1.82) is 0 Å². The van der Waals surface area contributed by atoms with Gasteiger partial charge in [0.05, 0.1) is 12.2 Å². The van der Waals surface area contributed by atoms with Crippen LogP contribution in [-0.2, 0) is 4.74 Å². The molecule has 0 aromatic rings. The Morgan fingerprint density at radius 1 is 0.533 bits per heavy atom. The molecule has 1 aliphatic rings. The van der Waals surface area contributed by atoms with Crippen LogP contribution in [0.2, 0.25) is 0 Å². The molecule has 0 aliphatic carbocycles. The van der Waals surface area contributed by atoms with Crippen molar-refractivity contribution in [2.75, 3.05) is 19.7 Å². The minimum absolute atomic E-state index is 0.151. The fourth-order valence-electron chi connectivity index (χ4n) is 5.02. The summed E-state index contributed by atoms with van der Waals surface area (Å²) in [4.78, 5) is 0. The first-order chi connectivity index (χ1) is 14.8. The van der Waals surface area contributed by atoms with Crippen molar-refractivity contribution < 1.29 is 4.74 Å². The van der Waals surface area contributed by atoms with Crippen LogP contribution in [0.1, 0.15) is 155 Å². The molecule has 180 valence electrons. The van der Waals surface area contributed by atoms with Gasteiger partial charge in [-0.1, -0.05) is 142 Å². The van der Waals surface area contributed by atoms with E-state index in [1.54, 1.807) is 0 Å². The Balaban J connectivity index is 2.02. The van der Waals surface area contributed by atoms with Crippen LogP contribution in [0.4, 0.5) is 0 Å². The highest BCUT2D eigenvalue weighted by molar-refractivity contribution is 4.86. The van der Waals surface area contributed by atoms with E-state index in [0.29, 0.717) is 0 Å². The molecule has 0 aromatic carbocycles. The van der Waals surface area contributed by atoms with Crippen molar-refractivity contribution in [2.24, 2.45) is 0 Å². The fourth-order valence-corrected chi connectivity index (χ4v) is 5.02. The largest absolute Gasteiger partial charge is 0.372 e. The van der Waals surface area contributed by atoms with Crippen LogP contribution in [0, 0.1) is 0 Å². The topological polar surface area (TPSA) is 21.3 Å². The summed E-state index contributed by atoms with van der Waals surface area (Å²) in [6, 6.07) is 0. The van der Waals surface area contributed by atoms with Gasteiger partial charge in [0.25, 0.3) is 0 Å². The van der Waals surface area contributed by atoms with Gasteiger partial charge in [0, 0.05) is 13.1 Å². The molecule has 0 saturated carbocycles. The maximum atomic E-state index is 6.37. The van der Waals surface area contributed by atoms with E-state index in [1.165, 1.54) is 141 Å². The number of rotatable bonds is 22. The first kappa shape index (κ1) is 28.0. The van der Waals surface area contributed by atoms with Crippen LogP contribution in [0.5, 0.6) is 0 Å². The molecule has 1 aliphatic heterocycles. The smallest absolute Gasteiger partial charge is 0.0806 e. The molecule has 0 bridgehead atoms. The molecule has 1 saturated heterocycles. The lowest BCUT2D eigenvalue weighted by atomic mass is 9.88. The van der Waals surface area contributed by atoms with E-state index in [-0.39, 0.29) is 5.60 Å². The van der Waals surface area contributed by atoms with Gasteiger partial charge in [-0.15, -0.1) is 0 Å². The highest BCUT2D eigenvalue weighted by Crippen LogP contribution is 2.28. The van der Waals surface area contributed by atoms with Crippen LogP contribution in [-0.4, -0.2) is 25.3 Å². The summed E-state index contributed by atoms with van der Waals surface area (Å²) >= 11 is 0. The second-order valence-electron chi connectivity index (χ2n) is 10.1. The van der Waals surface area contributed by atoms with Crippen molar-refractivity contribution in [3.8, 4) is 0 Å². The molecule has 2 heteroatoms. The quantitative estimate of drug-likeness (QED) is 0.175. The summed E-state index contributed by atoms with van der Waals surface area (Å²) in [7, 11) is 0. The van der Waals surface area contributed by atoms with Crippen molar-refractivity contribution in [1.82, 2.24) is 5.32 Å². The molecule has 1 N–H and O–H groups in total. The van der Waals surface area contributed by atoms with Crippen molar-refractivity contribution in [3.63, 3.8) is 0 Å². The lowest BCUT2D eigenvalue weighted by Gasteiger charge is -2.38. The maximum Gasteiger partial charge on any atom is 0.0806 e. The summed E-state index contributed by atoms with van der Waals surface area (Å²) in [6.45, 7) is 7.64. The third-order valence-corrected chi connectivity index (χ3v) is 7.11. The standard InChI is InChI=1S/C28H57NO/c1-3-5-7-9-11-13-15-17-19-21-23-28(27-29-25-26-30-28)24-22-20-18-16-14-12-10-8-6-4-2/h29H,3-27H2,1-2H3. The van der Waals surface area contributed by atoms with Gasteiger partial charge in [-0.05, 0) is 12.8 Å².